The molecule has 0 amide bonds. The molecular weight excluding hydrogens is 306 g/mol. The topological polar surface area (TPSA) is 53.1 Å². The zero-order valence-electron chi connectivity index (χ0n) is 11.4. The molecule has 0 bridgehead atoms. The third-order valence-electron chi connectivity index (χ3n) is 2.86. The van der Waals surface area contributed by atoms with Gasteiger partial charge in [0.15, 0.2) is 0 Å². The molecule has 0 radical (unpaired) electrons. The fraction of sp³-hybridized carbons (Fsp3) is 0.357. The van der Waals surface area contributed by atoms with Gasteiger partial charge in [-0.1, -0.05) is 28.1 Å². The summed E-state index contributed by atoms with van der Waals surface area (Å²) in [4.78, 5) is 0. The zero-order valence-corrected chi connectivity index (χ0v) is 12.9. The second-order valence-corrected chi connectivity index (χ2v) is 5.67. The van der Waals surface area contributed by atoms with E-state index in [1.807, 2.05) is 35.9 Å². The first kappa shape index (κ1) is 13.9. The Balaban J connectivity index is 2.17. The Morgan fingerprint density at radius 1 is 1.32 bits per heavy atom. The number of nitrogen functional groups attached to an aromatic ring is 1. The van der Waals surface area contributed by atoms with Gasteiger partial charge < -0.3 is 10.5 Å². The number of aromatic nitrogens is 2. The van der Waals surface area contributed by atoms with Crippen LogP contribution in [0.1, 0.15) is 31.1 Å². The number of aryl methyl sites for hydroxylation is 1. The van der Waals surface area contributed by atoms with Gasteiger partial charge in [-0.3, -0.25) is 0 Å². The molecule has 2 aromatic rings. The minimum atomic E-state index is 0.218. The van der Waals surface area contributed by atoms with Gasteiger partial charge in [-0.05, 0) is 38.5 Å². The minimum Gasteiger partial charge on any atom is -0.471 e. The van der Waals surface area contributed by atoms with Crippen LogP contribution in [0.3, 0.4) is 0 Å². The van der Waals surface area contributed by atoms with Crippen LogP contribution in [0, 0.1) is 6.92 Å². The summed E-state index contributed by atoms with van der Waals surface area (Å²) < 4.78 is 8.71. The maximum Gasteiger partial charge on any atom is 0.236 e. The lowest BCUT2D eigenvalue weighted by Crippen LogP contribution is -2.08. The molecule has 4 nitrogen and oxygen atoms in total. The molecule has 19 heavy (non-hydrogen) atoms. The second-order valence-electron chi connectivity index (χ2n) is 4.76. The summed E-state index contributed by atoms with van der Waals surface area (Å²) >= 11 is 3.41. The van der Waals surface area contributed by atoms with Crippen LogP contribution < -0.4 is 10.5 Å². The number of nitrogens with two attached hydrogens (primary N) is 1. The van der Waals surface area contributed by atoms with Gasteiger partial charge in [0.05, 0.1) is 11.7 Å². The lowest BCUT2D eigenvalue weighted by molar-refractivity contribution is 0.266. The molecule has 1 heterocycles. The summed E-state index contributed by atoms with van der Waals surface area (Å²) in [5, 5.41) is 4.40. The molecular formula is C14H18BrN3O. The van der Waals surface area contributed by atoms with Crippen LogP contribution in [0.15, 0.2) is 28.7 Å². The van der Waals surface area contributed by atoms with Crippen molar-refractivity contribution in [3.8, 4) is 5.88 Å². The summed E-state index contributed by atoms with van der Waals surface area (Å²) in [6, 6.07) is 8.24. The minimum absolute atomic E-state index is 0.218. The fourth-order valence-corrected chi connectivity index (χ4v) is 2.03. The van der Waals surface area contributed by atoms with Crippen molar-refractivity contribution < 1.29 is 4.74 Å². The first-order valence-electron chi connectivity index (χ1n) is 6.21. The average Bonchev–Trinajstić information content (AvgIpc) is 2.66. The number of hydrogen-bond donors (Lipinski definition) is 1. The Hall–Kier alpha value is -1.49. The molecule has 0 fully saturated rings. The average molecular weight is 324 g/mol. The first-order chi connectivity index (χ1) is 8.99. The van der Waals surface area contributed by atoms with Crippen molar-refractivity contribution in [3.05, 3.63) is 40.0 Å². The Bertz CT molecular complexity index is 561. The van der Waals surface area contributed by atoms with Crippen LogP contribution in [0.5, 0.6) is 5.88 Å². The SMILES string of the molecule is Cc1nn(C(C)C)c(OCc2ccc(Br)cc2)c1N. The number of ether oxygens (including phenoxy) is 1. The molecule has 0 aliphatic carbocycles. The van der Waals surface area contributed by atoms with Crippen molar-refractivity contribution in [1.29, 1.82) is 0 Å². The number of anilines is 1. The van der Waals surface area contributed by atoms with Crippen LogP contribution in [-0.2, 0) is 6.61 Å². The van der Waals surface area contributed by atoms with Crippen LogP contribution in [-0.4, -0.2) is 9.78 Å². The molecule has 0 saturated carbocycles. The van der Waals surface area contributed by atoms with Crippen LogP contribution in [0.25, 0.3) is 0 Å². The van der Waals surface area contributed by atoms with Gasteiger partial charge in [-0.25, -0.2) is 4.68 Å². The van der Waals surface area contributed by atoms with E-state index in [2.05, 4.69) is 34.9 Å². The Morgan fingerprint density at radius 2 is 1.95 bits per heavy atom. The number of benzene rings is 1. The smallest absolute Gasteiger partial charge is 0.236 e. The van der Waals surface area contributed by atoms with E-state index in [1.165, 1.54) is 0 Å². The van der Waals surface area contributed by atoms with E-state index in [1.54, 1.807) is 0 Å². The largest absolute Gasteiger partial charge is 0.471 e. The van der Waals surface area contributed by atoms with Crippen LogP contribution in [0.4, 0.5) is 5.69 Å². The number of nitrogens with zero attached hydrogens (tertiary/aromatic N) is 2. The predicted octanol–water partition coefficient (Wildman–Crippen LogP) is 3.70. The molecule has 1 aromatic heterocycles. The molecule has 0 spiro atoms. The van der Waals surface area contributed by atoms with Gasteiger partial charge >= 0.3 is 0 Å². The van der Waals surface area contributed by atoms with Crippen molar-refractivity contribution in [2.24, 2.45) is 0 Å². The van der Waals surface area contributed by atoms with Crippen molar-refractivity contribution in [3.63, 3.8) is 0 Å². The lowest BCUT2D eigenvalue weighted by Gasteiger charge is -2.12. The Morgan fingerprint density at radius 3 is 2.53 bits per heavy atom. The van der Waals surface area contributed by atoms with Crippen molar-refractivity contribution in [2.45, 2.75) is 33.4 Å². The highest BCUT2D eigenvalue weighted by molar-refractivity contribution is 9.10. The molecule has 102 valence electrons. The number of halogens is 1. The summed E-state index contributed by atoms with van der Waals surface area (Å²) in [5.41, 5.74) is 8.53. The zero-order chi connectivity index (χ0) is 14.0. The highest BCUT2D eigenvalue weighted by atomic mass is 79.9. The standard InChI is InChI=1S/C14H18BrN3O/c1-9(2)18-14(13(16)10(3)17-18)19-8-11-4-6-12(15)7-5-11/h4-7,9H,8,16H2,1-3H3. The van der Waals surface area contributed by atoms with Gasteiger partial charge in [-0.15, -0.1) is 0 Å². The molecule has 0 saturated heterocycles. The van der Waals surface area contributed by atoms with Gasteiger partial charge in [0.1, 0.15) is 12.3 Å². The third-order valence-corrected chi connectivity index (χ3v) is 3.39. The van der Waals surface area contributed by atoms with Crippen LogP contribution >= 0.6 is 15.9 Å². The molecule has 0 unspecified atom stereocenters. The fourth-order valence-electron chi connectivity index (χ4n) is 1.77. The summed E-state index contributed by atoms with van der Waals surface area (Å²) in [6.07, 6.45) is 0. The van der Waals surface area contributed by atoms with Crippen molar-refractivity contribution in [2.75, 3.05) is 5.73 Å². The molecule has 0 atom stereocenters. The van der Waals surface area contributed by atoms with E-state index in [0.29, 0.717) is 18.2 Å². The molecule has 1 aromatic carbocycles. The quantitative estimate of drug-likeness (QED) is 0.933. The summed E-state index contributed by atoms with van der Waals surface area (Å²) in [6.45, 7) is 6.48. The summed E-state index contributed by atoms with van der Waals surface area (Å²) in [7, 11) is 0. The van der Waals surface area contributed by atoms with E-state index in [-0.39, 0.29) is 6.04 Å². The summed E-state index contributed by atoms with van der Waals surface area (Å²) in [5.74, 6) is 0.649. The van der Waals surface area contributed by atoms with Gasteiger partial charge in [-0.2, -0.15) is 5.10 Å². The maximum atomic E-state index is 6.01. The highest BCUT2D eigenvalue weighted by Crippen LogP contribution is 2.28. The monoisotopic (exact) mass is 323 g/mol. The Labute approximate surface area is 121 Å². The van der Waals surface area contributed by atoms with Gasteiger partial charge in [0.2, 0.25) is 5.88 Å². The first-order valence-corrected chi connectivity index (χ1v) is 7.00. The van der Waals surface area contributed by atoms with Crippen molar-refractivity contribution >= 4 is 21.6 Å². The van der Waals surface area contributed by atoms with Crippen molar-refractivity contribution in [1.82, 2.24) is 9.78 Å². The molecule has 2 N–H and O–H groups in total. The number of rotatable bonds is 4. The van der Waals surface area contributed by atoms with E-state index >= 15 is 0 Å². The normalized spacial score (nSPS) is 11.0. The van der Waals surface area contributed by atoms with E-state index < -0.39 is 0 Å². The van der Waals surface area contributed by atoms with E-state index in [9.17, 15) is 0 Å². The molecule has 0 aliphatic heterocycles. The maximum absolute atomic E-state index is 6.01. The third kappa shape index (κ3) is 3.10. The highest BCUT2D eigenvalue weighted by Gasteiger charge is 2.16. The molecule has 5 heteroatoms. The second kappa shape index (κ2) is 5.65. The van der Waals surface area contributed by atoms with Crippen LogP contribution in [0.2, 0.25) is 0 Å². The molecule has 2 rings (SSSR count). The van der Waals surface area contributed by atoms with E-state index in [4.69, 9.17) is 10.5 Å². The van der Waals surface area contributed by atoms with Gasteiger partial charge in [0, 0.05) is 4.47 Å². The van der Waals surface area contributed by atoms with E-state index in [0.717, 1.165) is 15.7 Å². The predicted molar refractivity (Wildman–Crippen MR) is 80.2 cm³/mol. The lowest BCUT2D eigenvalue weighted by atomic mass is 10.2. The molecule has 0 aliphatic rings. The van der Waals surface area contributed by atoms with Gasteiger partial charge in [0.25, 0.3) is 0 Å². The Kier molecular flexibility index (Phi) is 4.14. The number of hydrogen-bond acceptors (Lipinski definition) is 3.